The molecule has 18 heavy (non-hydrogen) atoms. The average molecular weight is 251 g/mol. The number of aromatic nitrogens is 1. The van der Waals surface area contributed by atoms with Crippen LogP contribution in [0.25, 0.3) is 10.9 Å². The first-order valence-electron chi connectivity index (χ1n) is 5.63. The summed E-state index contributed by atoms with van der Waals surface area (Å²) in [4.78, 5) is 11.5. The molecule has 1 aromatic heterocycles. The molecule has 1 heterocycles. The van der Waals surface area contributed by atoms with Crippen molar-refractivity contribution in [2.24, 2.45) is 7.05 Å². The van der Waals surface area contributed by atoms with Crippen LogP contribution in [-0.4, -0.2) is 22.2 Å². The van der Waals surface area contributed by atoms with Crippen molar-refractivity contribution in [3.8, 4) is 0 Å². The first kappa shape index (κ1) is 12.6. The largest absolute Gasteiger partial charge is 0.464 e. The number of aliphatic hydroxyl groups excluding tert-OH is 1. The highest BCUT2D eigenvalue weighted by molar-refractivity contribution is 5.89. The van der Waals surface area contributed by atoms with Crippen LogP contribution in [0.5, 0.6) is 0 Å². The number of nitrogens with zero attached hydrogens (tertiary/aromatic N) is 1. The van der Waals surface area contributed by atoms with E-state index in [9.17, 15) is 14.3 Å². The molecule has 4 nitrogen and oxygen atoms in total. The Morgan fingerprint density at radius 1 is 1.56 bits per heavy atom. The summed E-state index contributed by atoms with van der Waals surface area (Å²) in [5, 5.41) is 10.4. The molecule has 1 atom stereocenters. The van der Waals surface area contributed by atoms with E-state index in [4.69, 9.17) is 4.74 Å². The van der Waals surface area contributed by atoms with Crippen LogP contribution in [0.1, 0.15) is 18.6 Å². The number of halogens is 1. The van der Waals surface area contributed by atoms with Crippen molar-refractivity contribution in [1.29, 1.82) is 0 Å². The number of benzene rings is 1. The summed E-state index contributed by atoms with van der Waals surface area (Å²) < 4.78 is 19.7. The zero-order valence-electron chi connectivity index (χ0n) is 10.2. The van der Waals surface area contributed by atoms with Crippen molar-refractivity contribution < 1.29 is 19.0 Å². The van der Waals surface area contributed by atoms with Gasteiger partial charge in [-0.2, -0.15) is 0 Å². The van der Waals surface area contributed by atoms with Gasteiger partial charge in [0.05, 0.1) is 6.61 Å². The molecule has 0 bridgehead atoms. The quantitative estimate of drug-likeness (QED) is 0.848. The van der Waals surface area contributed by atoms with E-state index in [1.165, 1.54) is 12.1 Å². The lowest BCUT2D eigenvalue weighted by Gasteiger charge is -2.08. The SMILES string of the molecule is CCOC(=O)C(O)c1cn(C)c2ccc(F)cc12. The third-order valence-electron chi connectivity index (χ3n) is 2.79. The number of hydrogen-bond acceptors (Lipinski definition) is 3. The maximum absolute atomic E-state index is 13.2. The Morgan fingerprint density at radius 3 is 2.94 bits per heavy atom. The van der Waals surface area contributed by atoms with E-state index < -0.39 is 17.9 Å². The number of rotatable bonds is 3. The van der Waals surface area contributed by atoms with E-state index in [2.05, 4.69) is 0 Å². The van der Waals surface area contributed by atoms with Gasteiger partial charge in [0.25, 0.3) is 0 Å². The highest BCUT2D eigenvalue weighted by Crippen LogP contribution is 2.27. The standard InChI is InChI=1S/C13H14FNO3/c1-3-18-13(17)12(16)10-7-15(2)11-5-4-8(14)6-9(10)11/h4-7,12,16H,3H2,1-2H3. The van der Waals surface area contributed by atoms with Crippen LogP contribution in [0.15, 0.2) is 24.4 Å². The molecule has 1 aromatic carbocycles. The second-order valence-electron chi connectivity index (χ2n) is 4.01. The Kier molecular flexibility index (Phi) is 3.34. The molecule has 1 N–H and O–H groups in total. The second-order valence-corrected chi connectivity index (χ2v) is 4.01. The minimum absolute atomic E-state index is 0.190. The van der Waals surface area contributed by atoms with E-state index in [1.807, 2.05) is 0 Å². The Hall–Kier alpha value is -1.88. The zero-order chi connectivity index (χ0) is 13.3. The normalized spacial score (nSPS) is 12.7. The summed E-state index contributed by atoms with van der Waals surface area (Å²) in [5.41, 5.74) is 1.10. The minimum atomic E-state index is -1.39. The van der Waals surface area contributed by atoms with Gasteiger partial charge < -0.3 is 14.4 Å². The third-order valence-corrected chi connectivity index (χ3v) is 2.79. The molecule has 0 spiro atoms. The summed E-state index contributed by atoms with van der Waals surface area (Å²) in [6, 6.07) is 4.24. The predicted molar refractivity (Wildman–Crippen MR) is 64.5 cm³/mol. The van der Waals surface area contributed by atoms with Crippen molar-refractivity contribution in [3.05, 3.63) is 35.8 Å². The van der Waals surface area contributed by atoms with Crippen LogP contribution in [0.4, 0.5) is 4.39 Å². The molecule has 96 valence electrons. The molecular weight excluding hydrogens is 237 g/mol. The van der Waals surface area contributed by atoms with Gasteiger partial charge in [0.15, 0.2) is 6.10 Å². The summed E-state index contributed by atoms with van der Waals surface area (Å²) in [7, 11) is 1.77. The lowest BCUT2D eigenvalue weighted by atomic mass is 10.1. The average Bonchev–Trinajstić information content (AvgIpc) is 2.65. The highest BCUT2D eigenvalue weighted by Gasteiger charge is 2.23. The smallest absolute Gasteiger partial charge is 0.339 e. The molecule has 0 radical (unpaired) electrons. The lowest BCUT2D eigenvalue weighted by molar-refractivity contribution is -0.153. The van der Waals surface area contributed by atoms with Gasteiger partial charge in [-0.15, -0.1) is 0 Å². The molecule has 2 aromatic rings. The van der Waals surface area contributed by atoms with Crippen molar-refractivity contribution in [1.82, 2.24) is 4.57 Å². The Labute approximate surface area is 104 Å². The van der Waals surface area contributed by atoms with Crippen LogP contribution in [0.3, 0.4) is 0 Å². The van der Waals surface area contributed by atoms with E-state index in [-0.39, 0.29) is 6.61 Å². The van der Waals surface area contributed by atoms with Gasteiger partial charge in [0, 0.05) is 29.7 Å². The van der Waals surface area contributed by atoms with Gasteiger partial charge in [0.1, 0.15) is 5.82 Å². The first-order valence-corrected chi connectivity index (χ1v) is 5.63. The number of aryl methyl sites for hydroxylation is 1. The molecule has 0 amide bonds. The number of carbonyl (C=O) groups is 1. The van der Waals surface area contributed by atoms with Crippen molar-refractivity contribution in [2.75, 3.05) is 6.61 Å². The molecule has 0 aliphatic heterocycles. The predicted octanol–water partition coefficient (Wildman–Crippen LogP) is 1.91. The fraction of sp³-hybridized carbons (Fsp3) is 0.308. The maximum Gasteiger partial charge on any atom is 0.339 e. The number of fused-ring (bicyclic) bond motifs is 1. The topological polar surface area (TPSA) is 51.5 Å². The van der Waals surface area contributed by atoms with Gasteiger partial charge in [0.2, 0.25) is 0 Å². The molecule has 0 aliphatic carbocycles. The van der Waals surface area contributed by atoms with E-state index in [0.717, 1.165) is 5.52 Å². The number of aliphatic hydroxyl groups is 1. The third kappa shape index (κ3) is 2.09. The Bertz CT molecular complexity index is 591. The molecule has 5 heteroatoms. The summed E-state index contributed by atoms with van der Waals surface area (Å²) in [6.07, 6.45) is 0.210. The molecule has 0 fully saturated rings. The van der Waals surface area contributed by atoms with E-state index in [1.54, 1.807) is 30.8 Å². The van der Waals surface area contributed by atoms with Crippen LogP contribution in [-0.2, 0) is 16.6 Å². The number of esters is 1. The van der Waals surface area contributed by atoms with Gasteiger partial charge >= 0.3 is 5.97 Å². The number of hydrogen-bond donors (Lipinski definition) is 1. The fourth-order valence-electron chi connectivity index (χ4n) is 1.96. The van der Waals surface area contributed by atoms with Gasteiger partial charge in [-0.1, -0.05) is 0 Å². The number of ether oxygens (including phenoxy) is 1. The Morgan fingerprint density at radius 2 is 2.28 bits per heavy atom. The molecular formula is C13H14FNO3. The van der Waals surface area contributed by atoms with Crippen LogP contribution >= 0.6 is 0 Å². The van der Waals surface area contributed by atoms with Gasteiger partial charge in [-0.05, 0) is 25.1 Å². The molecule has 0 saturated heterocycles. The first-order chi connectivity index (χ1) is 8.54. The highest BCUT2D eigenvalue weighted by atomic mass is 19.1. The van der Waals surface area contributed by atoms with Crippen molar-refractivity contribution in [3.63, 3.8) is 0 Å². The zero-order valence-corrected chi connectivity index (χ0v) is 10.2. The number of carbonyl (C=O) groups excluding carboxylic acids is 1. The lowest BCUT2D eigenvalue weighted by Crippen LogP contribution is -2.15. The van der Waals surface area contributed by atoms with Gasteiger partial charge in [-0.3, -0.25) is 0 Å². The van der Waals surface area contributed by atoms with Crippen molar-refractivity contribution in [2.45, 2.75) is 13.0 Å². The monoisotopic (exact) mass is 251 g/mol. The van der Waals surface area contributed by atoms with E-state index in [0.29, 0.717) is 10.9 Å². The van der Waals surface area contributed by atoms with Gasteiger partial charge in [-0.25, -0.2) is 9.18 Å². The van der Waals surface area contributed by atoms with E-state index >= 15 is 0 Å². The van der Waals surface area contributed by atoms with Crippen LogP contribution in [0.2, 0.25) is 0 Å². The Balaban J connectivity index is 2.50. The summed E-state index contributed by atoms with van der Waals surface area (Å²) in [5.74, 6) is -1.14. The molecule has 0 saturated carbocycles. The fourth-order valence-corrected chi connectivity index (χ4v) is 1.96. The summed E-state index contributed by atoms with van der Waals surface area (Å²) in [6.45, 7) is 1.85. The second kappa shape index (κ2) is 4.78. The minimum Gasteiger partial charge on any atom is -0.464 e. The molecule has 0 aliphatic rings. The maximum atomic E-state index is 13.2. The molecule has 1 unspecified atom stereocenters. The van der Waals surface area contributed by atoms with Crippen molar-refractivity contribution >= 4 is 16.9 Å². The molecule has 2 rings (SSSR count). The van der Waals surface area contributed by atoms with Crippen LogP contribution < -0.4 is 0 Å². The summed E-state index contributed by atoms with van der Waals surface area (Å²) >= 11 is 0. The van der Waals surface area contributed by atoms with Crippen LogP contribution in [0, 0.1) is 5.82 Å².